The van der Waals surface area contributed by atoms with Gasteiger partial charge < -0.3 is 4.90 Å². The van der Waals surface area contributed by atoms with Crippen LogP contribution < -0.4 is 0 Å². The van der Waals surface area contributed by atoms with Crippen molar-refractivity contribution in [2.75, 3.05) is 13.1 Å². The van der Waals surface area contributed by atoms with Gasteiger partial charge in [-0.05, 0) is 25.7 Å². The molecule has 0 spiro atoms. The summed E-state index contributed by atoms with van der Waals surface area (Å²) in [5, 5.41) is 9.29. The number of piperidine rings is 1. The highest BCUT2D eigenvalue weighted by atomic mass is 32.2. The molecule has 1 saturated heterocycles. The first-order chi connectivity index (χ1) is 12.6. The lowest BCUT2D eigenvalue weighted by Gasteiger charge is -2.31. The predicted molar refractivity (Wildman–Crippen MR) is 106 cm³/mol. The number of amides is 1. The Kier molecular flexibility index (Phi) is 6.14. The van der Waals surface area contributed by atoms with Crippen LogP contribution in [0.15, 0.2) is 48.1 Å². The van der Waals surface area contributed by atoms with Crippen LogP contribution in [-0.2, 0) is 11.3 Å². The predicted octanol–water partition coefficient (Wildman–Crippen LogP) is 3.87. The van der Waals surface area contributed by atoms with Crippen molar-refractivity contribution in [3.63, 3.8) is 0 Å². The number of hydrogen-bond acceptors (Lipinski definition) is 4. The molecule has 6 heteroatoms. The van der Waals surface area contributed by atoms with Crippen LogP contribution in [0.4, 0.5) is 0 Å². The fourth-order valence-electron chi connectivity index (χ4n) is 3.16. The van der Waals surface area contributed by atoms with Crippen molar-refractivity contribution >= 4 is 17.7 Å². The highest BCUT2D eigenvalue weighted by Crippen LogP contribution is 2.28. The van der Waals surface area contributed by atoms with Gasteiger partial charge in [-0.15, -0.1) is 16.8 Å². The Morgan fingerprint density at radius 1 is 1.31 bits per heavy atom. The standard InChI is InChI=1S/C20H26N4OS/c1-4-12-24-18(17-8-6-5-7-9-17)21-22-20(24)26-16(3)19(25)23-13-10-15(2)11-14-23/h4-9,15-16H,1,10-14H2,2-3H3/t16-/m0/s1. The number of thioether (sulfide) groups is 1. The molecule has 1 aromatic heterocycles. The summed E-state index contributed by atoms with van der Waals surface area (Å²) < 4.78 is 2.02. The fourth-order valence-corrected chi connectivity index (χ4v) is 4.11. The van der Waals surface area contributed by atoms with Gasteiger partial charge in [0.1, 0.15) is 0 Å². The smallest absolute Gasteiger partial charge is 0.235 e. The van der Waals surface area contributed by atoms with Crippen molar-refractivity contribution in [2.24, 2.45) is 5.92 Å². The number of aromatic nitrogens is 3. The molecule has 2 aromatic rings. The Morgan fingerprint density at radius 2 is 2.00 bits per heavy atom. The Labute approximate surface area is 159 Å². The van der Waals surface area contributed by atoms with E-state index in [1.54, 1.807) is 0 Å². The average molecular weight is 371 g/mol. The molecule has 0 unspecified atom stereocenters. The fraction of sp³-hybridized carbons (Fsp3) is 0.450. The minimum absolute atomic E-state index is 0.181. The zero-order valence-electron chi connectivity index (χ0n) is 15.5. The van der Waals surface area contributed by atoms with Gasteiger partial charge in [-0.25, -0.2) is 0 Å². The minimum Gasteiger partial charge on any atom is -0.342 e. The molecule has 26 heavy (non-hydrogen) atoms. The molecule has 1 aromatic carbocycles. The van der Waals surface area contributed by atoms with Gasteiger partial charge in [-0.1, -0.05) is 55.1 Å². The van der Waals surface area contributed by atoms with Crippen molar-refractivity contribution < 1.29 is 4.79 Å². The van der Waals surface area contributed by atoms with Gasteiger partial charge in [0.15, 0.2) is 11.0 Å². The van der Waals surface area contributed by atoms with Crippen LogP contribution in [0.5, 0.6) is 0 Å². The topological polar surface area (TPSA) is 51.0 Å². The van der Waals surface area contributed by atoms with Gasteiger partial charge in [0.25, 0.3) is 0 Å². The zero-order valence-corrected chi connectivity index (χ0v) is 16.3. The summed E-state index contributed by atoms with van der Waals surface area (Å²) in [6.45, 7) is 10.4. The summed E-state index contributed by atoms with van der Waals surface area (Å²) in [6.07, 6.45) is 4.01. The lowest BCUT2D eigenvalue weighted by atomic mass is 9.99. The Balaban J connectivity index is 1.75. The molecule has 1 aliphatic heterocycles. The van der Waals surface area contributed by atoms with Crippen LogP contribution in [0.2, 0.25) is 0 Å². The van der Waals surface area contributed by atoms with Crippen LogP contribution in [0.25, 0.3) is 11.4 Å². The second-order valence-corrected chi connectivity index (χ2v) is 8.15. The summed E-state index contributed by atoms with van der Waals surface area (Å²) in [5.74, 6) is 1.71. The van der Waals surface area contributed by atoms with E-state index in [1.165, 1.54) is 11.8 Å². The molecule has 0 N–H and O–H groups in total. The van der Waals surface area contributed by atoms with E-state index in [0.717, 1.165) is 42.5 Å². The molecule has 0 saturated carbocycles. The normalized spacial score (nSPS) is 16.5. The van der Waals surface area contributed by atoms with Crippen LogP contribution in [-0.4, -0.2) is 43.9 Å². The molecule has 1 aliphatic rings. The van der Waals surface area contributed by atoms with E-state index in [0.29, 0.717) is 12.5 Å². The largest absolute Gasteiger partial charge is 0.342 e. The second-order valence-electron chi connectivity index (χ2n) is 6.84. The number of carbonyl (C=O) groups is 1. The first-order valence-corrected chi connectivity index (χ1v) is 10.0. The molecule has 1 atom stereocenters. The molecule has 0 radical (unpaired) electrons. The van der Waals surface area contributed by atoms with Crippen molar-refractivity contribution in [3.8, 4) is 11.4 Å². The number of likely N-dealkylation sites (tertiary alicyclic amines) is 1. The molecule has 3 rings (SSSR count). The van der Waals surface area contributed by atoms with Crippen molar-refractivity contribution in [1.29, 1.82) is 0 Å². The SMILES string of the molecule is C=CCn1c(S[C@@H](C)C(=O)N2CCC(C)CC2)nnc1-c1ccccc1. The number of benzene rings is 1. The average Bonchev–Trinajstić information content (AvgIpc) is 3.05. The molecular formula is C20H26N4OS. The van der Waals surface area contributed by atoms with E-state index >= 15 is 0 Å². The van der Waals surface area contributed by atoms with Crippen molar-refractivity contribution in [2.45, 2.75) is 43.6 Å². The van der Waals surface area contributed by atoms with Gasteiger partial charge in [0, 0.05) is 25.2 Å². The Morgan fingerprint density at radius 3 is 2.65 bits per heavy atom. The summed E-state index contributed by atoms with van der Waals surface area (Å²) in [4.78, 5) is 14.8. The van der Waals surface area contributed by atoms with Crippen LogP contribution in [0, 0.1) is 5.92 Å². The first-order valence-electron chi connectivity index (χ1n) is 9.15. The molecule has 0 bridgehead atoms. The number of rotatable bonds is 6. The van der Waals surface area contributed by atoms with Gasteiger partial charge in [-0.3, -0.25) is 9.36 Å². The van der Waals surface area contributed by atoms with Crippen LogP contribution in [0.3, 0.4) is 0 Å². The number of hydrogen-bond donors (Lipinski definition) is 0. The third-order valence-corrected chi connectivity index (χ3v) is 5.85. The monoisotopic (exact) mass is 370 g/mol. The summed E-state index contributed by atoms with van der Waals surface area (Å²) in [6, 6.07) is 9.98. The lowest BCUT2D eigenvalue weighted by molar-refractivity contribution is -0.131. The molecule has 1 fully saturated rings. The number of allylic oxidation sites excluding steroid dienone is 1. The van der Waals surface area contributed by atoms with Crippen molar-refractivity contribution in [1.82, 2.24) is 19.7 Å². The second kappa shape index (κ2) is 8.54. The zero-order chi connectivity index (χ0) is 18.5. The Bertz CT molecular complexity index is 750. The molecule has 2 heterocycles. The van der Waals surface area contributed by atoms with E-state index in [2.05, 4.69) is 23.7 Å². The van der Waals surface area contributed by atoms with E-state index < -0.39 is 0 Å². The Hall–Kier alpha value is -2.08. The van der Waals surface area contributed by atoms with E-state index in [9.17, 15) is 4.79 Å². The van der Waals surface area contributed by atoms with E-state index in [4.69, 9.17) is 0 Å². The number of nitrogens with zero attached hydrogens (tertiary/aromatic N) is 4. The third kappa shape index (κ3) is 4.18. The van der Waals surface area contributed by atoms with Gasteiger partial charge in [0.05, 0.1) is 5.25 Å². The van der Waals surface area contributed by atoms with Gasteiger partial charge in [0.2, 0.25) is 5.91 Å². The van der Waals surface area contributed by atoms with Gasteiger partial charge in [-0.2, -0.15) is 0 Å². The van der Waals surface area contributed by atoms with Crippen molar-refractivity contribution in [3.05, 3.63) is 43.0 Å². The van der Waals surface area contributed by atoms with Crippen LogP contribution >= 0.6 is 11.8 Å². The molecule has 0 aliphatic carbocycles. The summed E-state index contributed by atoms with van der Waals surface area (Å²) >= 11 is 1.48. The third-order valence-electron chi connectivity index (χ3n) is 4.79. The van der Waals surface area contributed by atoms with Crippen LogP contribution in [0.1, 0.15) is 26.7 Å². The molecular weight excluding hydrogens is 344 g/mol. The quantitative estimate of drug-likeness (QED) is 0.572. The summed E-state index contributed by atoms with van der Waals surface area (Å²) in [5.41, 5.74) is 1.01. The lowest BCUT2D eigenvalue weighted by Crippen LogP contribution is -2.41. The van der Waals surface area contributed by atoms with E-state index in [1.807, 2.05) is 52.8 Å². The number of carbonyl (C=O) groups excluding carboxylic acids is 1. The first kappa shape index (κ1) is 18.7. The maximum absolute atomic E-state index is 12.8. The molecule has 138 valence electrons. The highest BCUT2D eigenvalue weighted by Gasteiger charge is 2.27. The minimum atomic E-state index is -0.181. The van der Waals surface area contributed by atoms with Gasteiger partial charge >= 0.3 is 0 Å². The maximum Gasteiger partial charge on any atom is 0.235 e. The maximum atomic E-state index is 12.8. The summed E-state index contributed by atoms with van der Waals surface area (Å²) in [7, 11) is 0. The molecule has 1 amide bonds. The molecule has 5 nitrogen and oxygen atoms in total. The van der Waals surface area contributed by atoms with E-state index in [-0.39, 0.29) is 11.2 Å². The highest BCUT2D eigenvalue weighted by molar-refractivity contribution is 8.00.